The van der Waals surface area contributed by atoms with Gasteiger partial charge in [-0.2, -0.15) is 0 Å². The molecule has 0 unspecified atom stereocenters. The summed E-state index contributed by atoms with van der Waals surface area (Å²) in [4.78, 5) is 15.4. The number of hydrogen-bond donors (Lipinski definition) is 2. The van der Waals surface area contributed by atoms with Crippen LogP contribution in [0, 0.1) is 12.8 Å². The zero-order chi connectivity index (χ0) is 13.1. The summed E-state index contributed by atoms with van der Waals surface area (Å²) in [6.07, 6.45) is 5.48. The number of pyridine rings is 1. The molecule has 1 heterocycles. The number of carbonyl (C=O) groups excluding carboxylic acids is 1. The van der Waals surface area contributed by atoms with Gasteiger partial charge in [0.2, 0.25) is 5.91 Å². The highest BCUT2D eigenvalue weighted by Gasteiger charge is 2.25. The van der Waals surface area contributed by atoms with Gasteiger partial charge in [0.05, 0.1) is 4.47 Å². The molecule has 1 aromatic rings. The summed E-state index contributed by atoms with van der Waals surface area (Å²) in [5, 5.41) is 3.44. The lowest BCUT2D eigenvalue weighted by atomic mass is 9.85. The van der Waals surface area contributed by atoms with E-state index in [0.29, 0.717) is 6.04 Å². The Bertz CT molecular complexity index is 442. The molecule has 18 heavy (non-hydrogen) atoms. The summed E-state index contributed by atoms with van der Waals surface area (Å²) in [5.41, 5.74) is 6.50. The van der Waals surface area contributed by atoms with Gasteiger partial charge >= 0.3 is 0 Å². The number of nitrogens with two attached hydrogens (primary N) is 1. The average molecular weight is 312 g/mol. The van der Waals surface area contributed by atoms with E-state index in [4.69, 9.17) is 5.73 Å². The minimum absolute atomic E-state index is 0.0527. The van der Waals surface area contributed by atoms with Crippen LogP contribution in [0.3, 0.4) is 0 Å². The van der Waals surface area contributed by atoms with E-state index in [0.717, 1.165) is 36.0 Å². The summed E-state index contributed by atoms with van der Waals surface area (Å²) in [7, 11) is 0. The van der Waals surface area contributed by atoms with Crippen LogP contribution in [0.2, 0.25) is 0 Å². The monoisotopic (exact) mass is 311 g/mol. The van der Waals surface area contributed by atoms with Crippen molar-refractivity contribution >= 4 is 27.7 Å². The Morgan fingerprint density at radius 1 is 1.44 bits per heavy atom. The molecule has 0 radical (unpaired) electrons. The van der Waals surface area contributed by atoms with Gasteiger partial charge in [-0.15, -0.1) is 0 Å². The van der Waals surface area contributed by atoms with Crippen molar-refractivity contribution in [3.63, 3.8) is 0 Å². The van der Waals surface area contributed by atoms with Crippen LogP contribution >= 0.6 is 15.9 Å². The van der Waals surface area contributed by atoms with Gasteiger partial charge in [-0.3, -0.25) is 4.79 Å². The second-order valence-corrected chi connectivity index (χ2v) is 5.68. The second kappa shape index (κ2) is 5.69. The highest BCUT2D eigenvalue weighted by atomic mass is 79.9. The number of rotatable bonds is 3. The normalized spacial score (nSPS) is 23.7. The summed E-state index contributed by atoms with van der Waals surface area (Å²) in [6.45, 7) is 2.04. The third-order valence-corrected chi connectivity index (χ3v) is 4.55. The molecule has 2 rings (SSSR count). The van der Waals surface area contributed by atoms with Gasteiger partial charge in [0.25, 0.3) is 0 Å². The first kappa shape index (κ1) is 13.3. The van der Waals surface area contributed by atoms with Crippen molar-refractivity contribution in [2.45, 2.75) is 38.6 Å². The first-order chi connectivity index (χ1) is 8.58. The lowest BCUT2D eigenvalue weighted by molar-refractivity contribution is -0.122. The Kier molecular flexibility index (Phi) is 4.22. The second-order valence-electron chi connectivity index (χ2n) is 4.89. The number of primary amides is 1. The van der Waals surface area contributed by atoms with Gasteiger partial charge in [-0.1, -0.05) is 0 Å². The maximum Gasteiger partial charge on any atom is 0.220 e. The molecule has 98 valence electrons. The molecule has 1 aliphatic rings. The predicted octanol–water partition coefficient (Wildman–Crippen LogP) is 2.61. The molecule has 0 bridgehead atoms. The zero-order valence-electron chi connectivity index (χ0n) is 10.4. The first-order valence-electron chi connectivity index (χ1n) is 6.25. The van der Waals surface area contributed by atoms with Crippen LogP contribution in [-0.4, -0.2) is 16.9 Å². The fourth-order valence-corrected chi connectivity index (χ4v) is 2.71. The predicted molar refractivity (Wildman–Crippen MR) is 75.2 cm³/mol. The van der Waals surface area contributed by atoms with Crippen molar-refractivity contribution in [2.24, 2.45) is 11.7 Å². The quantitative estimate of drug-likeness (QED) is 0.901. The molecule has 0 atom stereocenters. The van der Waals surface area contributed by atoms with Crippen LogP contribution in [0.15, 0.2) is 16.7 Å². The lowest BCUT2D eigenvalue weighted by Gasteiger charge is -2.28. The first-order valence-corrected chi connectivity index (χ1v) is 7.04. The molecule has 3 N–H and O–H groups in total. The molecule has 0 saturated heterocycles. The Balaban J connectivity index is 1.96. The smallest absolute Gasteiger partial charge is 0.220 e. The van der Waals surface area contributed by atoms with Gasteiger partial charge in [-0.25, -0.2) is 4.98 Å². The number of hydrogen-bond acceptors (Lipinski definition) is 3. The number of nitrogens with one attached hydrogen (secondary N) is 1. The number of aryl methyl sites for hydroxylation is 1. The molecule has 0 aliphatic heterocycles. The third-order valence-electron chi connectivity index (χ3n) is 3.55. The van der Waals surface area contributed by atoms with Crippen molar-refractivity contribution in [1.82, 2.24) is 4.98 Å². The maximum absolute atomic E-state index is 11.1. The molecular formula is C13H18BrN3O. The van der Waals surface area contributed by atoms with Crippen LogP contribution in [0.5, 0.6) is 0 Å². The Morgan fingerprint density at radius 2 is 2.11 bits per heavy atom. The van der Waals surface area contributed by atoms with Crippen molar-refractivity contribution < 1.29 is 4.79 Å². The summed E-state index contributed by atoms with van der Waals surface area (Å²) < 4.78 is 1.02. The number of amides is 1. The fraction of sp³-hybridized carbons (Fsp3) is 0.538. The van der Waals surface area contributed by atoms with Crippen molar-refractivity contribution in [1.29, 1.82) is 0 Å². The van der Waals surface area contributed by atoms with E-state index in [2.05, 4.69) is 26.2 Å². The number of anilines is 1. The molecule has 1 amide bonds. The van der Waals surface area contributed by atoms with Crippen molar-refractivity contribution in [3.8, 4) is 0 Å². The van der Waals surface area contributed by atoms with E-state index in [1.807, 2.05) is 13.0 Å². The van der Waals surface area contributed by atoms with Crippen LogP contribution in [-0.2, 0) is 4.79 Å². The fourth-order valence-electron chi connectivity index (χ4n) is 2.36. The van der Waals surface area contributed by atoms with Gasteiger partial charge in [0, 0.05) is 18.2 Å². The van der Waals surface area contributed by atoms with Crippen LogP contribution < -0.4 is 11.1 Å². The lowest BCUT2D eigenvalue weighted by Crippen LogP contribution is -2.32. The topological polar surface area (TPSA) is 68.0 Å². The molecule has 4 nitrogen and oxygen atoms in total. The van der Waals surface area contributed by atoms with Crippen LogP contribution in [0.25, 0.3) is 0 Å². The molecule has 1 aliphatic carbocycles. The molecular weight excluding hydrogens is 294 g/mol. The minimum atomic E-state index is -0.164. The van der Waals surface area contributed by atoms with Crippen molar-refractivity contribution in [2.75, 3.05) is 5.32 Å². The summed E-state index contributed by atoms with van der Waals surface area (Å²) in [6, 6.07) is 2.35. The Labute approximate surface area is 115 Å². The summed E-state index contributed by atoms with van der Waals surface area (Å²) >= 11 is 3.54. The van der Waals surface area contributed by atoms with E-state index < -0.39 is 0 Å². The number of aromatic nitrogens is 1. The minimum Gasteiger partial charge on any atom is -0.369 e. The molecule has 5 heteroatoms. The Morgan fingerprint density at radius 3 is 2.72 bits per heavy atom. The van der Waals surface area contributed by atoms with Gasteiger partial charge in [0.1, 0.15) is 5.82 Å². The molecule has 1 aromatic heterocycles. The van der Waals surface area contributed by atoms with Crippen LogP contribution in [0.4, 0.5) is 5.82 Å². The average Bonchev–Trinajstić information content (AvgIpc) is 2.36. The molecule has 0 aromatic carbocycles. The molecule has 0 spiro atoms. The standard InChI is InChI=1S/C13H18BrN3O/c1-8-6-7-16-13(11(8)14)17-10-4-2-9(3-5-10)12(15)18/h6-7,9-10H,2-5H2,1H3,(H2,15,18)(H,16,17). The van der Waals surface area contributed by atoms with Gasteiger partial charge in [-0.05, 0) is 60.2 Å². The number of halogens is 1. The van der Waals surface area contributed by atoms with E-state index in [1.54, 1.807) is 6.20 Å². The zero-order valence-corrected chi connectivity index (χ0v) is 12.0. The Hall–Kier alpha value is -1.10. The van der Waals surface area contributed by atoms with E-state index in [9.17, 15) is 4.79 Å². The van der Waals surface area contributed by atoms with Gasteiger partial charge in [0.15, 0.2) is 0 Å². The SMILES string of the molecule is Cc1ccnc(NC2CCC(C(N)=O)CC2)c1Br. The molecule has 1 saturated carbocycles. The van der Waals surface area contributed by atoms with Gasteiger partial charge < -0.3 is 11.1 Å². The third kappa shape index (κ3) is 3.02. The highest BCUT2D eigenvalue weighted by Crippen LogP contribution is 2.29. The van der Waals surface area contributed by atoms with E-state index in [-0.39, 0.29) is 11.8 Å². The van der Waals surface area contributed by atoms with E-state index >= 15 is 0 Å². The summed E-state index contributed by atoms with van der Waals surface area (Å²) in [5.74, 6) is 0.776. The molecule has 1 fully saturated rings. The maximum atomic E-state index is 11.1. The largest absolute Gasteiger partial charge is 0.369 e. The van der Waals surface area contributed by atoms with E-state index in [1.165, 1.54) is 5.56 Å². The van der Waals surface area contributed by atoms with Crippen molar-refractivity contribution in [3.05, 3.63) is 22.3 Å². The number of nitrogens with zero attached hydrogens (tertiary/aromatic N) is 1. The number of carbonyl (C=O) groups is 1. The highest BCUT2D eigenvalue weighted by molar-refractivity contribution is 9.10. The van der Waals surface area contributed by atoms with Crippen LogP contribution in [0.1, 0.15) is 31.2 Å².